The monoisotopic (exact) mass is 1000 g/mol. The molecule has 0 aliphatic carbocycles. The van der Waals surface area contributed by atoms with Crippen molar-refractivity contribution in [2.75, 3.05) is 12.4 Å². The molecule has 0 radical (unpaired) electrons. The molecule has 1 unspecified atom stereocenters. The Morgan fingerprint density at radius 1 is 0.770 bits per heavy atom. The van der Waals surface area contributed by atoms with Gasteiger partial charge in [-0.05, 0) is 115 Å². The van der Waals surface area contributed by atoms with Crippen molar-refractivity contribution in [3.8, 4) is 40.9 Å². The Labute approximate surface area is 429 Å². The number of fused-ring (bicyclic) bond motifs is 3. The number of allylic oxidation sites excluding steroid dienone is 3. The van der Waals surface area contributed by atoms with E-state index < -0.39 is 29.2 Å². The van der Waals surface area contributed by atoms with Crippen molar-refractivity contribution < 1.29 is 36.8 Å². The fourth-order valence-corrected chi connectivity index (χ4v) is 10.2. The van der Waals surface area contributed by atoms with Crippen LogP contribution in [0.1, 0.15) is 54.1 Å². The standard InChI is InChI=1S/C55H48B2N8O8S/c1-5-38-50(36-27-29-37(30-28-36)70-31-16-32-74(67,68)69)65(57-72-48-25-14-15-26-49(48)73-57)53(41(34-59)55-61-43-20-9-11-22-45(43)63(55)4)52(39-18-7-6-17-35(39)2)64(56-71-47-24-13-12-23-46(47)66)51(38)40(33-58)54-60-42-19-8-10-21-44(42)62(54)3/h6-15,17-30,52,56,66H,5,16,31-32H2,1-4H3,(H,67,68,69)/b51-40-,53-41-. The molecule has 0 spiro atoms. The lowest BCUT2D eigenvalue weighted by atomic mass is 9.86. The SMILES string of the molecule is CCC1=C(c2ccc(OCCCS(=O)(=O)O)cc2)N(B2Oc3ccccc3O2)/C(=C(/C#N)c2nc3ccccc3n2C)C(c2ccccc2C)N(BOc2ccccc2O)/C1=C(/C#N)c1nc2ccccc2n1C. The molecule has 4 heterocycles. The number of benzene rings is 6. The van der Waals surface area contributed by atoms with Crippen LogP contribution in [0, 0.1) is 29.6 Å². The third-order valence-electron chi connectivity index (χ3n) is 13.2. The minimum Gasteiger partial charge on any atom is -0.541 e. The summed E-state index contributed by atoms with van der Waals surface area (Å²) in [6.07, 6.45) is 0.314. The van der Waals surface area contributed by atoms with Gasteiger partial charge in [0, 0.05) is 19.8 Å². The first kappa shape index (κ1) is 48.7. The topological polar surface area (TPSA) is 201 Å². The molecule has 1 atom stereocenters. The summed E-state index contributed by atoms with van der Waals surface area (Å²) >= 11 is 0. The zero-order valence-electron chi connectivity index (χ0n) is 40.9. The molecule has 6 aromatic carbocycles. The molecule has 16 nitrogen and oxygen atoms in total. The molecule has 0 bridgehead atoms. The molecule has 74 heavy (non-hydrogen) atoms. The third-order valence-corrected chi connectivity index (χ3v) is 14.0. The fraction of sp³-hybridized carbons (Fsp3) is 0.164. The van der Waals surface area contributed by atoms with Crippen molar-refractivity contribution in [1.29, 1.82) is 10.5 Å². The number of phenols is 1. The molecule has 2 N–H and O–H groups in total. The summed E-state index contributed by atoms with van der Waals surface area (Å²) in [5, 5.41) is 35.2. The van der Waals surface area contributed by atoms with Crippen molar-refractivity contribution in [3.63, 3.8) is 0 Å². The van der Waals surface area contributed by atoms with E-state index in [-0.39, 0.29) is 49.7 Å². The van der Waals surface area contributed by atoms with Crippen molar-refractivity contribution >= 4 is 63.9 Å². The van der Waals surface area contributed by atoms with Crippen LogP contribution in [0.25, 0.3) is 38.9 Å². The molecule has 19 heteroatoms. The molecule has 0 amide bonds. The highest BCUT2D eigenvalue weighted by molar-refractivity contribution is 7.85. The fourth-order valence-electron chi connectivity index (χ4n) is 9.75. The summed E-state index contributed by atoms with van der Waals surface area (Å²) in [6.45, 7) is 3.96. The molecular weight excluding hydrogens is 954 g/mol. The first-order valence-electron chi connectivity index (χ1n) is 23.9. The molecular formula is C55H48B2N8O8S. The maximum absolute atomic E-state index is 12.0. The number of phenolic OH excluding ortho intramolecular Hbond substituents is 1. The van der Waals surface area contributed by atoms with Crippen molar-refractivity contribution in [2.24, 2.45) is 14.1 Å². The second-order valence-electron chi connectivity index (χ2n) is 17.7. The lowest BCUT2D eigenvalue weighted by Gasteiger charge is -2.39. The van der Waals surface area contributed by atoms with Crippen molar-refractivity contribution in [3.05, 3.63) is 191 Å². The quantitative estimate of drug-likeness (QED) is 0.0452. The van der Waals surface area contributed by atoms with Crippen molar-refractivity contribution in [1.82, 2.24) is 28.7 Å². The second kappa shape index (κ2) is 20.3. The van der Waals surface area contributed by atoms with E-state index in [0.29, 0.717) is 68.2 Å². The van der Waals surface area contributed by atoms with Gasteiger partial charge in [0.05, 0.1) is 51.9 Å². The van der Waals surface area contributed by atoms with Crippen LogP contribution in [0.5, 0.6) is 28.7 Å². The zero-order chi connectivity index (χ0) is 51.7. The minimum absolute atomic E-state index is 0.00703. The number of ether oxygens (including phenoxy) is 1. The van der Waals surface area contributed by atoms with Crippen LogP contribution in [-0.2, 0) is 24.2 Å². The van der Waals surface area contributed by atoms with Crippen LogP contribution in [0.3, 0.4) is 0 Å². The third kappa shape index (κ3) is 9.15. The summed E-state index contributed by atoms with van der Waals surface area (Å²) in [5.74, 6) is 1.61. The second-order valence-corrected chi connectivity index (χ2v) is 19.3. The number of aromatic hydroxyl groups is 1. The number of nitrogens with zero attached hydrogens (tertiary/aromatic N) is 8. The number of imidazole rings is 2. The van der Waals surface area contributed by atoms with Gasteiger partial charge in [-0.25, -0.2) is 9.97 Å². The Bertz CT molecular complexity index is 3760. The number of aromatic nitrogens is 4. The lowest BCUT2D eigenvalue weighted by Crippen LogP contribution is -2.48. The highest BCUT2D eigenvalue weighted by Crippen LogP contribution is 2.52. The predicted molar refractivity (Wildman–Crippen MR) is 284 cm³/mol. The first-order valence-corrected chi connectivity index (χ1v) is 25.5. The van der Waals surface area contributed by atoms with Gasteiger partial charge in [0.25, 0.3) is 10.1 Å². The maximum atomic E-state index is 12.0. The van der Waals surface area contributed by atoms with Gasteiger partial charge < -0.3 is 42.6 Å². The van der Waals surface area contributed by atoms with Crippen molar-refractivity contribution in [2.45, 2.75) is 32.7 Å². The smallest absolute Gasteiger partial charge is 0.541 e. The molecule has 2 aliphatic rings. The molecule has 0 saturated heterocycles. The molecule has 10 rings (SSSR count). The Morgan fingerprint density at radius 2 is 1.34 bits per heavy atom. The van der Waals surface area contributed by atoms with E-state index in [9.17, 15) is 28.6 Å². The molecule has 0 fully saturated rings. The summed E-state index contributed by atoms with van der Waals surface area (Å²) in [5.41, 5.74) is 7.15. The molecule has 2 aliphatic heterocycles. The molecule has 8 aromatic rings. The van der Waals surface area contributed by atoms with Gasteiger partial charge in [-0.15, -0.1) is 0 Å². The van der Waals surface area contributed by atoms with E-state index >= 15 is 0 Å². The number of hydrogen-bond donors (Lipinski definition) is 2. The first-order chi connectivity index (χ1) is 35.9. The minimum atomic E-state index is -4.20. The highest BCUT2D eigenvalue weighted by atomic mass is 32.2. The van der Waals surface area contributed by atoms with Gasteiger partial charge >= 0.3 is 14.9 Å². The number of nitriles is 2. The van der Waals surface area contributed by atoms with Crippen LogP contribution in [0.15, 0.2) is 163 Å². The van der Waals surface area contributed by atoms with E-state index in [1.54, 1.807) is 30.3 Å². The number of aryl methyl sites for hydroxylation is 3. The van der Waals surface area contributed by atoms with Crippen LogP contribution >= 0.6 is 0 Å². The van der Waals surface area contributed by atoms with Crippen LogP contribution in [0.2, 0.25) is 0 Å². The van der Waals surface area contributed by atoms with E-state index in [0.717, 1.165) is 22.2 Å². The average molecular weight is 1000 g/mol. The van der Waals surface area contributed by atoms with Gasteiger partial charge in [-0.3, -0.25) is 4.55 Å². The van der Waals surface area contributed by atoms with E-state index in [4.69, 9.17) is 28.7 Å². The largest absolute Gasteiger partial charge is 0.743 e. The average Bonchev–Trinajstić information content (AvgIpc) is 4.07. The Kier molecular flexibility index (Phi) is 13.4. The summed E-state index contributed by atoms with van der Waals surface area (Å²) in [4.78, 5) is 14.1. The van der Waals surface area contributed by atoms with Crippen LogP contribution < -0.4 is 18.7 Å². The summed E-state index contributed by atoms with van der Waals surface area (Å²) < 4.78 is 62.8. The lowest BCUT2D eigenvalue weighted by molar-refractivity contribution is 0.316. The maximum Gasteiger partial charge on any atom is 0.743 e. The van der Waals surface area contributed by atoms with Crippen LogP contribution in [-0.4, -0.2) is 74.0 Å². The zero-order valence-corrected chi connectivity index (χ0v) is 41.7. The van der Waals surface area contributed by atoms with E-state index in [2.05, 4.69) is 12.1 Å². The molecule has 368 valence electrons. The Balaban J connectivity index is 1.37. The molecule has 0 saturated carbocycles. The normalized spacial score (nSPS) is 16.0. The van der Waals surface area contributed by atoms with Gasteiger partial charge in [0.1, 0.15) is 46.3 Å². The predicted octanol–water partition coefficient (Wildman–Crippen LogP) is 9.28. The van der Waals surface area contributed by atoms with Crippen LogP contribution in [0.4, 0.5) is 0 Å². The van der Waals surface area contributed by atoms with E-state index in [1.165, 1.54) is 6.07 Å². The molecule has 2 aromatic heterocycles. The summed E-state index contributed by atoms with van der Waals surface area (Å²) in [6, 6.07) is 48.4. The van der Waals surface area contributed by atoms with Gasteiger partial charge in [-0.1, -0.05) is 79.7 Å². The van der Waals surface area contributed by atoms with Gasteiger partial charge in [-0.2, -0.15) is 18.9 Å². The van der Waals surface area contributed by atoms with Gasteiger partial charge in [0.15, 0.2) is 17.4 Å². The Morgan fingerprint density at radius 3 is 1.92 bits per heavy atom. The Hall–Kier alpha value is -8.90. The highest BCUT2D eigenvalue weighted by Gasteiger charge is 2.51. The number of rotatable bonds is 14. The summed E-state index contributed by atoms with van der Waals surface area (Å²) in [7, 11) is -2.06. The van der Waals surface area contributed by atoms with E-state index in [1.807, 2.05) is 156 Å². The number of para-hydroxylation sites is 8. The van der Waals surface area contributed by atoms with Gasteiger partial charge in [0.2, 0.25) is 0 Å². The number of hydrogen-bond acceptors (Lipinski definition) is 13.